The number of aromatic nitrogens is 1. The van der Waals surface area contributed by atoms with E-state index in [1.807, 2.05) is 30.3 Å². The molecule has 0 amide bonds. The van der Waals surface area contributed by atoms with Crippen molar-refractivity contribution in [1.82, 2.24) is 4.98 Å². The third-order valence-electron chi connectivity index (χ3n) is 2.82. The van der Waals surface area contributed by atoms with Crippen molar-refractivity contribution in [3.8, 4) is 11.6 Å². The van der Waals surface area contributed by atoms with Crippen LogP contribution in [0.4, 0.5) is 5.69 Å². The molecule has 0 saturated heterocycles. The van der Waals surface area contributed by atoms with Gasteiger partial charge in [-0.2, -0.15) is 4.99 Å². The van der Waals surface area contributed by atoms with E-state index in [4.69, 9.17) is 4.74 Å². The Kier molecular flexibility index (Phi) is 3.23. The van der Waals surface area contributed by atoms with Crippen LogP contribution >= 0.6 is 0 Å². The van der Waals surface area contributed by atoms with Gasteiger partial charge in [0.2, 0.25) is 12.0 Å². The summed E-state index contributed by atoms with van der Waals surface area (Å²) in [6.45, 7) is 0. The average molecular weight is 262 g/mol. The number of aliphatic imine (C=N–C) groups is 1. The Balaban J connectivity index is 1.99. The highest BCUT2D eigenvalue weighted by Crippen LogP contribution is 2.30. The number of nitrogens with zero attached hydrogens (tertiary/aromatic N) is 2. The van der Waals surface area contributed by atoms with E-state index in [1.54, 1.807) is 30.3 Å². The fraction of sp³-hybridized carbons (Fsp3) is 0. The van der Waals surface area contributed by atoms with E-state index in [-0.39, 0.29) is 0 Å². The number of hydrogen-bond donors (Lipinski definition) is 0. The summed E-state index contributed by atoms with van der Waals surface area (Å²) in [7, 11) is 0. The van der Waals surface area contributed by atoms with Crippen molar-refractivity contribution in [2.45, 2.75) is 0 Å². The highest BCUT2D eigenvalue weighted by Gasteiger charge is 2.05. The van der Waals surface area contributed by atoms with Gasteiger partial charge in [-0.15, -0.1) is 0 Å². The van der Waals surface area contributed by atoms with Crippen LogP contribution in [-0.4, -0.2) is 11.1 Å². The fourth-order valence-corrected chi connectivity index (χ4v) is 1.90. The topological polar surface area (TPSA) is 51.5 Å². The first kappa shape index (κ1) is 12.1. The molecule has 96 valence electrons. The van der Waals surface area contributed by atoms with E-state index in [2.05, 4.69) is 9.98 Å². The summed E-state index contributed by atoms with van der Waals surface area (Å²) in [4.78, 5) is 18.4. The largest absolute Gasteiger partial charge is 0.437 e. The van der Waals surface area contributed by atoms with Crippen LogP contribution in [-0.2, 0) is 4.79 Å². The molecule has 4 heteroatoms. The Morgan fingerprint density at radius 1 is 0.950 bits per heavy atom. The Morgan fingerprint density at radius 2 is 1.75 bits per heavy atom. The smallest absolute Gasteiger partial charge is 0.240 e. The number of hydrogen-bond acceptors (Lipinski definition) is 4. The van der Waals surface area contributed by atoms with Crippen LogP contribution in [0.1, 0.15) is 0 Å². The number of fused-ring (bicyclic) bond motifs is 1. The van der Waals surface area contributed by atoms with Crippen molar-refractivity contribution in [3.63, 3.8) is 0 Å². The van der Waals surface area contributed by atoms with Crippen molar-refractivity contribution >= 4 is 22.7 Å². The van der Waals surface area contributed by atoms with Crippen LogP contribution < -0.4 is 4.74 Å². The third-order valence-corrected chi connectivity index (χ3v) is 2.82. The number of benzene rings is 2. The summed E-state index contributed by atoms with van der Waals surface area (Å²) in [5.74, 6) is 0.927. The van der Waals surface area contributed by atoms with E-state index in [1.165, 1.54) is 6.08 Å². The highest BCUT2D eigenvalue weighted by atomic mass is 16.5. The van der Waals surface area contributed by atoms with Crippen LogP contribution in [0.15, 0.2) is 65.7 Å². The van der Waals surface area contributed by atoms with Crippen LogP contribution in [0.25, 0.3) is 10.9 Å². The molecular formula is C16H10N2O2. The molecule has 4 nitrogen and oxygen atoms in total. The molecule has 3 aromatic rings. The third kappa shape index (κ3) is 2.41. The number of para-hydroxylation sites is 3. The average Bonchev–Trinajstić information content (AvgIpc) is 2.49. The van der Waals surface area contributed by atoms with Gasteiger partial charge >= 0.3 is 0 Å². The molecule has 1 aromatic heterocycles. The second kappa shape index (κ2) is 5.34. The number of carbonyl (C=O) groups excluding carboxylic acids is 1. The van der Waals surface area contributed by atoms with Crippen LogP contribution in [0.3, 0.4) is 0 Å². The minimum atomic E-state index is 0.428. The Morgan fingerprint density at radius 3 is 2.65 bits per heavy atom. The van der Waals surface area contributed by atoms with Crippen molar-refractivity contribution in [2.24, 2.45) is 4.99 Å². The van der Waals surface area contributed by atoms with E-state index >= 15 is 0 Å². The molecule has 0 unspecified atom stereocenters. The Hall–Kier alpha value is -2.97. The summed E-state index contributed by atoms with van der Waals surface area (Å²) >= 11 is 0. The first-order valence-corrected chi connectivity index (χ1v) is 6.07. The first-order valence-electron chi connectivity index (χ1n) is 6.07. The maximum Gasteiger partial charge on any atom is 0.240 e. The molecule has 0 spiro atoms. The predicted octanol–water partition coefficient (Wildman–Crippen LogP) is 3.99. The van der Waals surface area contributed by atoms with Gasteiger partial charge < -0.3 is 4.74 Å². The van der Waals surface area contributed by atoms with Crippen molar-refractivity contribution in [2.75, 3.05) is 0 Å². The van der Waals surface area contributed by atoms with Gasteiger partial charge in [0.25, 0.3) is 0 Å². The molecule has 20 heavy (non-hydrogen) atoms. The van der Waals surface area contributed by atoms with Gasteiger partial charge in [-0.05, 0) is 24.3 Å². The Bertz CT molecular complexity index is 808. The van der Waals surface area contributed by atoms with E-state index in [0.717, 1.165) is 10.9 Å². The Labute approximate surface area is 115 Å². The van der Waals surface area contributed by atoms with Crippen molar-refractivity contribution in [3.05, 3.63) is 60.7 Å². The molecule has 0 aliphatic heterocycles. The summed E-state index contributed by atoms with van der Waals surface area (Å²) < 4.78 is 5.69. The highest BCUT2D eigenvalue weighted by molar-refractivity contribution is 5.78. The molecule has 0 aliphatic rings. The SMILES string of the molecule is O=C=Nc1ccccc1Oc1ccc2ccccc2n1. The summed E-state index contributed by atoms with van der Waals surface area (Å²) in [5, 5.41) is 1.04. The summed E-state index contributed by atoms with van der Waals surface area (Å²) in [5.41, 5.74) is 1.28. The van der Waals surface area contributed by atoms with Gasteiger partial charge in [-0.1, -0.05) is 30.3 Å². The molecule has 0 radical (unpaired) electrons. The van der Waals surface area contributed by atoms with E-state index in [0.29, 0.717) is 17.3 Å². The number of isocyanates is 1. The van der Waals surface area contributed by atoms with Gasteiger partial charge in [0.1, 0.15) is 5.69 Å². The van der Waals surface area contributed by atoms with Gasteiger partial charge in [-0.25, -0.2) is 9.78 Å². The molecule has 0 N–H and O–H groups in total. The molecule has 0 bridgehead atoms. The maximum atomic E-state index is 10.4. The van der Waals surface area contributed by atoms with Gasteiger partial charge in [0, 0.05) is 11.5 Å². The predicted molar refractivity (Wildman–Crippen MR) is 76.0 cm³/mol. The minimum Gasteiger partial charge on any atom is -0.437 e. The van der Waals surface area contributed by atoms with E-state index < -0.39 is 0 Å². The molecule has 0 saturated carbocycles. The first-order chi connectivity index (χ1) is 9.86. The lowest BCUT2D eigenvalue weighted by atomic mass is 10.2. The molecule has 1 heterocycles. The lowest BCUT2D eigenvalue weighted by Crippen LogP contribution is -1.88. The normalized spacial score (nSPS) is 10.0. The van der Waals surface area contributed by atoms with Crippen LogP contribution in [0, 0.1) is 0 Å². The van der Waals surface area contributed by atoms with Crippen molar-refractivity contribution < 1.29 is 9.53 Å². The molecule has 0 atom stereocenters. The minimum absolute atomic E-state index is 0.428. The van der Waals surface area contributed by atoms with Gasteiger partial charge in [0.05, 0.1) is 5.52 Å². The van der Waals surface area contributed by atoms with E-state index in [9.17, 15) is 4.79 Å². The maximum absolute atomic E-state index is 10.4. The van der Waals surface area contributed by atoms with Crippen molar-refractivity contribution in [1.29, 1.82) is 0 Å². The zero-order valence-corrected chi connectivity index (χ0v) is 10.5. The van der Waals surface area contributed by atoms with Gasteiger partial charge in [-0.3, -0.25) is 0 Å². The fourth-order valence-electron chi connectivity index (χ4n) is 1.90. The number of rotatable bonds is 3. The molecular weight excluding hydrogens is 252 g/mol. The second-order valence-electron chi connectivity index (χ2n) is 4.12. The molecule has 2 aromatic carbocycles. The number of ether oxygens (including phenoxy) is 1. The summed E-state index contributed by atoms with van der Waals surface area (Å²) in [6.07, 6.45) is 1.51. The lowest BCUT2D eigenvalue weighted by Gasteiger charge is -2.07. The molecule has 3 rings (SSSR count). The van der Waals surface area contributed by atoms with Gasteiger partial charge in [0.15, 0.2) is 5.75 Å². The zero-order valence-electron chi connectivity index (χ0n) is 10.5. The lowest BCUT2D eigenvalue weighted by molar-refractivity contribution is 0.466. The summed E-state index contributed by atoms with van der Waals surface area (Å²) in [6, 6.07) is 18.5. The standard InChI is InChI=1S/C16H10N2O2/c19-11-17-14-7-3-4-8-15(14)20-16-10-9-12-5-1-2-6-13(12)18-16/h1-10H. The monoisotopic (exact) mass is 262 g/mol. The van der Waals surface area contributed by atoms with Crippen LogP contribution in [0.2, 0.25) is 0 Å². The molecule has 0 fully saturated rings. The quantitative estimate of drug-likeness (QED) is 0.529. The molecule has 0 aliphatic carbocycles. The zero-order chi connectivity index (χ0) is 13.8. The number of pyridine rings is 1. The second-order valence-corrected chi connectivity index (χ2v) is 4.12. The van der Waals surface area contributed by atoms with Crippen LogP contribution in [0.5, 0.6) is 11.6 Å².